The van der Waals surface area contributed by atoms with Crippen LogP contribution in [0.25, 0.3) is 0 Å². The maximum atomic E-state index is 11.6. The van der Waals surface area contributed by atoms with Gasteiger partial charge in [-0.3, -0.25) is 4.79 Å². The summed E-state index contributed by atoms with van der Waals surface area (Å²) in [6.07, 6.45) is 0.572. The second kappa shape index (κ2) is 4.94. The molecule has 1 aliphatic rings. The van der Waals surface area contributed by atoms with Crippen molar-refractivity contribution in [1.29, 1.82) is 0 Å². The first-order valence-corrected chi connectivity index (χ1v) is 6.11. The van der Waals surface area contributed by atoms with E-state index in [1.54, 1.807) is 4.90 Å². The number of carbonyl (C=O) groups is 1. The van der Waals surface area contributed by atoms with Crippen molar-refractivity contribution in [2.75, 3.05) is 33.4 Å². The Morgan fingerprint density at radius 1 is 1.50 bits per heavy atom. The van der Waals surface area contributed by atoms with Gasteiger partial charge in [-0.2, -0.15) is 0 Å². The van der Waals surface area contributed by atoms with Crippen LogP contribution in [-0.4, -0.2) is 48.4 Å². The van der Waals surface area contributed by atoms with E-state index in [9.17, 15) is 4.79 Å². The van der Waals surface area contributed by atoms with Gasteiger partial charge in [-0.05, 0) is 25.7 Å². The van der Waals surface area contributed by atoms with Crippen LogP contribution < -0.4 is 5.73 Å². The molecule has 0 aliphatic carbocycles. The van der Waals surface area contributed by atoms with Gasteiger partial charge in [0.2, 0.25) is 5.91 Å². The first-order chi connectivity index (χ1) is 8.47. The minimum atomic E-state index is 0.202. The van der Waals surface area contributed by atoms with E-state index in [2.05, 4.69) is 9.88 Å². The van der Waals surface area contributed by atoms with Gasteiger partial charge in [-0.15, -0.1) is 0 Å². The summed E-state index contributed by atoms with van der Waals surface area (Å²) in [6, 6.07) is 3.83. The molecule has 0 radical (unpaired) electrons. The fraction of sp³-hybridized carbons (Fsp3) is 0.538. The Morgan fingerprint density at radius 2 is 2.22 bits per heavy atom. The molecule has 2 heterocycles. The topological polar surface area (TPSA) is 62.5 Å². The van der Waals surface area contributed by atoms with Crippen molar-refractivity contribution in [2.24, 2.45) is 0 Å². The second-order valence-electron chi connectivity index (χ2n) is 5.19. The molecule has 1 saturated heterocycles. The Bertz CT molecular complexity index is 458. The Hall–Kier alpha value is -1.62. The SMILES string of the molecule is CN(C)Cc1nc(N)ccc1C1CC(=O)N(C)C1. The van der Waals surface area contributed by atoms with Gasteiger partial charge in [0.15, 0.2) is 0 Å². The van der Waals surface area contributed by atoms with Crippen LogP contribution in [0.15, 0.2) is 12.1 Å². The molecule has 2 N–H and O–H groups in total. The minimum Gasteiger partial charge on any atom is -0.384 e. The molecule has 1 amide bonds. The molecule has 5 heteroatoms. The molecule has 1 fully saturated rings. The summed E-state index contributed by atoms with van der Waals surface area (Å²) >= 11 is 0. The molecule has 98 valence electrons. The van der Waals surface area contributed by atoms with Crippen molar-refractivity contribution in [1.82, 2.24) is 14.8 Å². The quantitative estimate of drug-likeness (QED) is 0.854. The van der Waals surface area contributed by atoms with E-state index in [-0.39, 0.29) is 11.8 Å². The summed E-state index contributed by atoms with van der Waals surface area (Å²) in [5.41, 5.74) is 7.88. The lowest BCUT2D eigenvalue weighted by Crippen LogP contribution is -2.19. The zero-order valence-electron chi connectivity index (χ0n) is 11.2. The van der Waals surface area contributed by atoms with Crippen LogP contribution >= 0.6 is 0 Å². The van der Waals surface area contributed by atoms with Crippen LogP contribution in [0.3, 0.4) is 0 Å². The highest BCUT2D eigenvalue weighted by Gasteiger charge is 2.29. The minimum absolute atomic E-state index is 0.202. The summed E-state index contributed by atoms with van der Waals surface area (Å²) in [5.74, 6) is 0.978. The van der Waals surface area contributed by atoms with E-state index < -0.39 is 0 Å². The van der Waals surface area contributed by atoms with Gasteiger partial charge >= 0.3 is 0 Å². The first-order valence-electron chi connectivity index (χ1n) is 6.11. The van der Waals surface area contributed by atoms with Gasteiger partial charge in [0.05, 0.1) is 5.69 Å². The summed E-state index contributed by atoms with van der Waals surface area (Å²) in [6.45, 7) is 1.51. The number of nitrogens with two attached hydrogens (primary N) is 1. The Morgan fingerprint density at radius 3 is 2.78 bits per heavy atom. The van der Waals surface area contributed by atoms with E-state index in [0.29, 0.717) is 12.2 Å². The zero-order valence-corrected chi connectivity index (χ0v) is 11.2. The third-order valence-corrected chi connectivity index (χ3v) is 3.28. The van der Waals surface area contributed by atoms with Crippen LogP contribution in [0.4, 0.5) is 5.82 Å². The van der Waals surface area contributed by atoms with Gasteiger partial charge in [-0.25, -0.2) is 4.98 Å². The summed E-state index contributed by atoms with van der Waals surface area (Å²) in [4.78, 5) is 19.9. The summed E-state index contributed by atoms with van der Waals surface area (Å²) in [7, 11) is 5.85. The number of nitrogen functional groups attached to an aromatic ring is 1. The number of aromatic nitrogens is 1. The van der Waals surface area contributed by atoms with Gasteiger partial charge in [0.25, 0.3) is 0 Å². The smallest absolute Gasteiger partial charge is 0.223 e. The molecule has 0 bridgehead atoms. The number of amides is 1. The average molecular weight is 248 g/mol. The molecule has 5 nitrogen and oxygen atoms in total. The number of nitrogens with zero attached hydrogens (tertiary/aromatic N) is 3. The van der Waals surface area contributed by atoms with Crippen molar-refractivity contribution >= 4 is 11.7 Å². The molecular formula is C13H20N4O. The summed E-state index contributed by atoms with van der Waals surface area (Å²) in [5, 5.41) is 0. The molecule has 2 rings (SSSR count). The highest BCUT2D eigenvalue weighted by molar-refractivity contribution is 5.79. The highest BCUT2D eigenvalue weighted by atomic mass is 16.2. The Kier molecular flexibility index (Phi) is 3.52. The molecule has 1 aliphatic heterocycles. The zero-order chi connectivity index (χ0) is 13.3. The van der Waals surface area contributed by atoms with E-state index in [4.69, 9.17) is 5.73 Å². The van der Waals surface area contributed by atoms with E-state index in [1.807, 2.05) is 33.3 Å². The van der Waals surface area contributed by atoms with Crippen molar-refractivity contribution < 1.29 is 4.79 Å². The van der Waals surface area contributed by atoms with Crippen LogP contribution in [0, 0.1) is 0 Å². The number of anilines is 1. The Balaban J connectivity index is 2.29. The van der Waals surface area contributed by atoms with Crippen LogP contribution in [-0.2, 0) is 11.3 Å². The lowest BCUT2D eigenvalue weighted by atomic mass is 9.96. The number of pyridine rings is 1. The predicted molar refractivity (Wildman–Crippen MR) is 71.0 cm³/mol. The normalized spacial score (nSPS) is 19.9. The van der Waals surface area contributed by atoms with Crippen LogP contribution in [0.2, 0.25) is 0 Å². The molecular weight excluding hydrogens is 228 g/mol. The number of hydrogen-bond acceptors (Lipinski definition) is 4. The number of hydrogen-bond donors (Lipinski definition) is 1. The third kappa shape index (κ3) is 2.61. The number of carbonyl (C=O) groups excluding carboxylic acids is 1. The largest absolute Gasteiger partial charge is 0.384 e. The van der Waals surface area contributed by atoms with Crippen molar-refractivity contribution in [3.8, 4) is 0 Å². The lowest BCUT2D eigenvalue weighted by Gasteiger charge is -2.17. The maximum Gasteiger partial charge on any atom is 0.223 e. The molecule has 1 aromatic rings. The fourth-order valence-corrected chi connectivity index (χ4v) is 2.40. The summed E-state index contributed by atoms with van der Waals surface area (Å²) < 4.78 is 0. The monoisotopic (exact) mass is 248 g/mol. The van der Waals surface area contributed by atoms with Crippen LogP contribution in [0.5, 0.6) is 0 Å². The molecule has 0 aromatic carbocycles. The van der Waals surface area contributed by atoms with Crippen molar-refractivity contribution in [3.05, 3.63) is 23.4 Å². The van der Waals surface area contributed by atoms with Gasteiger partial charge in [0, 0.05) is 32.5 Å². The highest BCUT2D eigenvalue weighted by Crippen LogP contribution is 2.29. The fourth-order valence-electron chi connectivity index (χ4n) is 2.40. The standard InChI is InChI=1S/C13H20N4O/c1-16(2)8-11-10(4-5-12(14)15-11)9-6-13(18)17(3)7-9/h4-5,9H,6-8H2,1-3H3,(H2,14,15). The number of likely N-dealkylation sites (tertiary alicyclic amines) is 1. The lowest BCUT2D eigenvalue weighted by molar-refractivity contribution is -0.126. The molecule has 18 heavy (non-hydrogen) atoms. The Labute approximate surface area is 108 Å². The first kappa shape index (κ1) is 12.8. The van der Waals surface area contributed by atoms with E-state index in [1.165, 1.54) is 0 Å². The number of rotatable bonds is 3. The van der Waals surface area contributed by atoms with Crippen LogP contribution in [0.1, 0.15) is 23.6 Å². The van der Waals surface area contributed by atoms with Gasteiger partial charge < -0.3 is 15.5 Å². The second-order valence-corrected chi connectivity index (χ2v) is 5.19. The molecule has 1 atom stereocenters. The predicted octanol–water partition coefficient (Wildman–Crippen LogP) is 0.671. The van der Waals surface area contributed by atoms with Gasteiger partial charge in [-0.1, -0.05) is 6.07 Å². The van der Waals surface area contributed by atoms with Gasteiger partial charge in [0.1, 0.15) is 5.82 Å². The van der Waals surface area contributed by atoms with Crippen molar-refractivity contribution in [2.45, 2.75) is 18.9 Å². The van der Waals surface area contributed by atoms with E-state index >= 15 is 0 Å². The third-order valence-electron chi connectivity index (χ3n) is 3.28. The maximum absolute atomic E-state index is 11.6. The molecule has 1 aromatic heterocycles. The van der Waals surface area contributed by atoms with Crippen molar-refractivity contribution in [3.63, 3.8) is 0 Å². The molecule has 0 spiro atoms. The van der Waals surface area contributed by atoms with E-state index in [0.717, 1.165) is 24.3 Å². The molecule has 0 saturated carbocycles. The molecule has 1 unspecified atom stereocenters. The number of likely N-dealkylation sites (N-methyl/N-ethyl adjacent to an activating group) is 1. The average Bonchev–Trinajstić information content (AvgIpc) is 2.58.